The smallest absolute Gasteiger partial charge is 0.254 e. The first-order valence-electron chi connectivity index (χ1n) is 11.5. The van der Waals surface area contributed by atoms with Crippen molar-refractivity contribution in [3.8, 4) is 0 Å². The number of hydrogen-bond acceptors (Lipinski definition) is 5. The van der Waals surface area contributed by atoms with Crippen molar-refractivity contribution >= 4 is 27.3 Å². The van der Waals surface area contributed by atoms with E-state index in [1.807, 2.05) is 60.6 Å². The number of thiophene rings is 1. The molecule has 0 spiro atoms. The van der Waals surface area contributed by atoms with Gasteiger partial charge in [-0.05, 0) is 49.2 Å². The molecule has 3 aromatic rings. The molecule has 1 amide bonds. The first kappa shape index (κ1) is 24.6. The monoisotopic (exact) mass is 497 g/mol. The Kier molecular flexibility index (Phi) is 7.83. The van der Waals surface area contributed by atoms with Crippen molar-refractivity contribution in [1.29, 1.82) is 0 Å². The van der Waals surface area contributed by atoms with Gasteiger partial charge in [-0.3, -0.25) is 4.79 Å². The van der Waals surface area contributed by atoms with Gasteiger partial charge < -0.3 is 9.80 Å². The van der Waals surface area contributed by atoms with Crippen LogP contribution in [0.2, 0.25) is 0 Å². The van der Waals surface area contributed by atoms with E-state index in [9.17, 15) is 13.2 Å². The van der Waals surface area contributed by atoms with Crippen LogP contribution in [0.3, 0.4) is 0 Å². The fourth-order valence-corrected chi connectivity index (χ4v) is 6.47. The summed E-state index contributed by atoms with van der Waals surface area (Å²) in [4.78, 5) is 19.1. The molecule has 1 aliphatic heterocycles. The minimum atomic E-state index is -3.65. The summed E-state index contributed by atoms with van der Waals surface area (Å²) in [7, 11) is -1.66. The third kappa shape index (κ3) is 5.75. The van der Waals surface area contributed by atoms with Crippen LogP contribution in [-0.2, 0) is 23.0 Å². The maximum absolute atomic E-state index is 13.7. The normalized spacial score (nSPS) is 16.3. The topological polar surface area (TPSA) is 60.9 Å². The molecule has 1 atom stereocenters. The third-order valence-corrected chi connectivity index (χ3v) is 9.04. The van der Waals surface area contributed by atoms with E-state index in [2.05, 4.69) is 11.0 Å². The van der Waals surface area contributed by atoms with Crippen LogP contribution in [0.25, 0.3) is 0 Å². The zero-order valence-electron chi connectivity index (χ0n) is 19.6. The molecule has 0 N–H and O–H groups in total. The van der Waals surface area contributed by atoms with E-state index >= 15 is 0 Å². The van der Waals surface area contributed by atoms with Gasteiger partial charge in [-0.25, -0.2) is 8.42 Å². The number of rotatable bonds is 8. The lowest BCUT2D eigenvalue weighted by Crippen LogP contribution is -2.47. The van der Waals surface area contributed by atoms with Crippen molar-refractivity contribution in [3.63, 3.8) is 0 Å². The number of hydrogen-bond donors (Lipinski definition) is 0. The molecule has 0 aliphatic carbocycles. The highest BCUT2D eigenvalue weighted by molar-refractivity contribution is 7.89. The predicted octanol–water partition coefficient (Wildman–Crippen LogP) is 3.96. The molecule has 2 heterocycles. The molecule has 34 heavy (non-hydrogen) atoms. The summed E-state index contributed by atoms with van der Waals surface area (Å²) in [5.41, 5.74) is 1.43. The molecule has 8 heteroatoms. The molecule has 1 aliphatic rings. The standard InChI is InChI=1S/C26H31N3O3S2/c1-21(18-24-11-7-17-33-24)29(20-22-8-4-3-5-9-22)26(30)23-10-6-12-25(19-23)34(31,32)28-15-13-27(2)14-16-28/h3-12,17,19,21H,13-16,18,20H2,1-2H3. The summed E-state index contributed by atoms with van der Waals surface area (Å²) in [6, 6.07) is 20.4. The van der Waals surface area contributed by atoms with Crippen LogP contribution in [0.1, 0.15) is 27.7 Å². The van der Waals surface area contributed by atoms with Crippen LogP contribution in [0.15, 0.2) is 77.0 Å². The van der Waals surface area contributed by atoms with Crippen molar-refractivity contribution in [2.45, 2.75) is 30.8 Å². The average Bonchev–Trinajstić information content (AvgIpc) is 3.36. The van der Waals surface area contributed by atoms with Crippen molar-refractivity contribution < 1.29 is 13.2 Å². The van der Waals surface area contributed by atoms with E-state index in [0.29, 0.717) is 38.3 Å². The Morgan fingerprint density at radius 2 is 1.74 bits per heavy atom. The van der Waals surface area contributed by atoms with Crippen LogP contribution in [0.5, 0.6) is 0 Å². The van der Waals surface area contributed by atoms with Gasteiger partial charge in [0.15, 0.2) is 0 Å². The predicted molar refractivity (Wildman–Crippen MR) is 136 cm³/mol. The molecule has 1 aromatic heterocycles. The van der Waals surface area contributed by atoms with Crippen LogP contribution >= 0.6 is 11.3 Å². The van der Waals surface area contributed by atoms with Crippen LogP contribution in [0.4, 0.5) is 0 Å². The minimum absolute atomic E-state index is 0.0516. The number of sulfonamides is 1. The van der Waals surface area contributed by atoms with Crippen molar-refractivity contribution in [2.24, 2.45) is 0 Å². The van der Waals surface area contributed by atoms with Crippen LogP contribution in [0, 0.1) is 0 Å². The van der Waals surface area contributed by atoms with Crippen LogP contribution in [-0.4, -0.2) is 67.7 Å². The van der Waals surface area contributed by atoms with Crippen LogP contribution < -0.4 is 0 Å². The highest BCUT2D eigenvalue weighted by Gasteiger charge is 2.29. The Bertz CT molecular complexity index is 1190. The molecule has 6 nitrogen and oxygen atoms in total. The largest absolute Gasteiger partial charge is 0.331 e. The lowest BCUT2D eigenvalue weighted by Gasteiger charge is -2.32. The van der Waals surface area contributed by atoms with E-state index in [4.69, 9.17) is 0 Å². The van der Waals surface area contributed by atoms with E-state index in [-0.39, 0.29) is 16.8 Å². The Hall–Kier alpha value is -2.52. The van der Waals surface area contributed by atoms with Gasteiger partial charge in [-0.2, -0.15) is 4.31 Å². The molecule has 0 bridgehead atoms. The number of benzene rings is 2. The number of likely N-dealkylation sites (N-methyl/N-ethyl adjacent to an activating group) is 1. The summed E-state index contributed by atoms with van der Waals surface area (Å²) in [5.74, 6) is -0.164. The molecule has 1 unspecified atom stereocenters. The quantitative estimate of drug-likeness (QED) is 0.473. The number of amides is 1. The minimum Gasteiger partial charge on any atom is -0.331 e. The van der Waals surface area contributed by atoms with Gasteiger partial charge in [-0.15, -0.1) is 11.3 Å². The Morgan fingerprint density at radius 3 is 2.41 bits per heavy atom. The molecular formula is C26H31N3O3S2. The van der Waals surface area contributed by atoms with Gasteiger partial charge in [0.2, 0.25) is 10.0 Å². The number of piperazine rings is 1. The van der Waals surface area contributed by atoms with Gasteiger partial charge in [0, 0.05) is 55.6 Å². The van der Waals surface area contributed by atoms with E-state index in [1.165, 1.54) is 15.2 Å². The van der Waals surface area contributed by atoms with E-state index in [0.717, 1.165) is 12.0 Å². The zero-order chi connectivity index (χ0) is 24.1. The van der Waals surface area contributed by atoms with Gasteiger partial charge >= 0.3 is 0 Å². The molecule has 4 rings (SSSR count). The molecule has 180 valence electrons. The summed E-state index contributed by atoms with van der Waals surface area (Å²) < 4.78 is 28.0. The second-order valence-corrected chi connectivity index (χ2v) is 11.8. The molecule has 2 aromatic carbocycles. The number of carbonyl (C=O) groups is 1. The highest BCUT2D eigenvalue weighted by Crippen LogP contribution is 2.22. The lowest BCUT2D eigenvalue weighted by atomic mass is 10.1. The van der Waals surface area contributed by atoms with Crippen molar-refractivity contribution in [3.05, 3.63) is 88.1 Å². The molecular weight excluding hydrogens is 466 g/mol. The Morgan fingerprint density at radius 1 is 1.00 bits per heavy atom. The fourth-order valence-electron chi connectivity index (χ4n) is 4.17. The van der Waals surface area contributed by atoms with Gasteiger partial charge in [-0.1, -0.05) is 42.5 Å². The zero-order valence-corrected chi connectivity index (χ0v) is 21.3. The number of carbonyl (C=O) groups excluding carboxylic acids is 1. The number of nitrogens with zero attached hydrogens (tertiary/aromatic N) is 3. The fraction of sp³-hybridized carbons (Fsp3) is 0.346. The van der Waals surface area contributed by atoms with Crippen molar-refractivity contribution in [1.82, 2.24) is 14.1 Å². The third-order valence-electron chi connectivity index (χ3n) is 6.25. The Labute approximate surface area is 206 Å². The van der Waals surface area contributed by atoms with Gasteiger partial charge in [0.25, 0.3) is 5.91 Å². The summed E-state index contributed by atoms with van der Waals surface area (Å²) >= 11 is 1.68. The summed E-state index contributed by atoms with van der Waals surface area (Å²) in [5, 5.41) is 2.04. The summed E-state index contributed by atoms with van der Waals surface area (Å²) in [6.45, 7) is 4.81. The SMILES string of the molecule is CC(Cc1cccs1)N(Cc1ccccc1)C(=O)c1cccc(S(=O)(=O)N2CCN(C)CC2)c1. The first-order chi connectivity index (χ1) is 16.3. The second kappa shape index (κ2) is 10.8. The highest BCUT2D eigenvalue weighted by atomic mass is 32.2. The lowest BCUT2D eigenvalue weighted by molar-refractivity contribution is 0.0675. The van der Waals surface area contributed by atoms with E-state index < -0.39 is 10.0 Å². The molecule has 1 fully saturated rings. The molecule has 0 saturated carbocycles. The maximum atomic E-state index is 13.7. The first-order valence-corrected chi connectivity index (χ1v) is 13.8. The average molecular weight is 498 g/mol. The molecule has 0 radical (unpaired) electrons. The maximum Gasteiger partial charge on any atom is 0.254 e. The molecule has 1 saturated heterocycles. The summed E-state index contributed by atoms with van der Waals surface area (Å²) in [6.07, 6.45) is 0.746. The Balaban J connectivity index is 1.60. The van der Waals surface area contributed by atoms with E-state index in [1.54, 1.807) is 29.5 Å². The second-order valence-electron chi connectivity index (χ2n) is 8.79. The van der Waals surface area contributed by atoms with Gasteiger partial charge in [0.05, 0.1) is 4.90 Å². The van der Waals surface area contributed by atoms with Gasteiger partial charge in [0.1, 0.15) is 0 Å². The van der Waals surface area contributed by atoms with Crippen molar-refractivity contribution in [2.75, 3.05) is 33.2 Å².